The Morgan fingerprint density at radius 2 is 1.96 bits per heavy atom. The molecule has 2 heterocycles. The van der Waals surface area contributed by atoms with Gasteiger partial charge >= 0.3 is 0 Å². The summed E-state index contributed by atoms with van der Waals surface area (Å²) in [6, 6.07) is 5.54. The summed E-state index contributed by atoms with van der Waals surface area (Å²) in [6.07, 6.45) is 6.90. The third-order valence-electron chi connectivity index (χ3n) is 5.63. The van der Waals surface area contributed by atoms with Gasteiger partial charge in [0, 0.05) is 5.92 Å². The first-order valence-corrected chi connectivity index (χ1v) is 9.98. The van der Waals surface area contributed by atoms with Crippen LogP contribution in [0.2, 0.25) is 0 Å². The predicted molar refractivity (Wildman–Crippen MR) is 101 cm³/mol. The minimum atomic E-state index is -1.39. The number of aryl methyl sites for hydroxylation is 1. The van der Waals surface area contributed by atoms with Crippen LogP contribution in [0.15, 0.2) is 30.4 Å². The van der Waals surface area contributed by atoms with Gasteiger partial charge in [0.25, 0.3) is 0 Å². The molecule has 5 heteroatoms. The van der Waals surface area contributed by atoms with Gasteiger partial charge < -0.3 is 14.2 Å². The number of allylic oxidation sites excluding steroid dienone is 2. The molecule has 0 N–H and O–H groups in total. The fourth-order valence-electron chi connectivity index (χ4n) is 3.65. The molecule has 150 valence electrons. The molecule has 1 aromatic carbocycles. The van der Waals surface area contributed by atoms with Crippen molar-refractivity contribution in [1.29, 1.82) is 0 Å². The average molecular weight is 380 g/mol. The van der Waals surface area contributed by atoms with E-state index in [-0.39, 0.29) is 31.1 Å². The molecule has 0 bridgehead atoms. The van der Waals surface area contributed by atoms with Gasteiger partial charge in [-0.3, -0.25) is 0 Å². The van der Waals surface area contributed by atoms with E-state index in [1.807, 2.05) is 31.2 Å². The quantitative estimate of drug-likeness (QED) is 0.644. The van der Waals surface area contributed by atoms with Gasteiger partial charge in [0.15, 0.2) is 12.0 Å². The molecule has 0 aliphatic carbocycles. The van der Waals surface area contributed by atoms with E-state index in [4.69, 9.17) is 14.2 Å². The van der Waals surface area contributed by atoms with Crippen LogP contribution in [0.3, 0.4) is 0 Å². The molecule has 0 aromatic heterocycles. The molecule has 27 heavy (non-hydrogen) atoms. The van der Waals surface area contributed by atoms with E-state index in [0.29, 0.717) is 19.4 Å². The average Bonchev–Trinajstić information content (AvgIpc) is 2.70. The normalized spacial score (nSPS) is 32.1. The summed E-state index contributed by atoms with van der Waals surface area (Å²) in [7, 11) is 0. The summed E-state index contributed by atoms with van der Waals surface area (Å²) in [5.41, 5.74) is 0.334. The molecule has 2 unspecified atom stereocenters. The molecule has 0 radical (unpaired) electrons. The molecule has 3 nitrogen and oxygen atoms in total. The largest absolute Gasteiger partial charge is 0.372 e. The van der Waals surface area contributed by atoms with Crippen LogP contribution in [0.25, 0.3) is 0 Å². The number of rotatable bonds is 6. The lowest BCUT2D eigenvalue weighted by Crippen LogP contribution is -2.49. The standard InChI is InChI=1S/C22H30F2O3/c1-3-5-6-7-16-8-9-17(12-19(16)23)18-10-11-20(25-13-18)21-26-14-22(24,4-2)15-27-21/h3,5,8-9,12,18,20-21H,4,6-7,10-11,13-15H2,1-2H3/b5-3+. The first kappa shape index (κ1) is 20.4. The van der Waals surface area contributed by atoms with Crippen molar-refractivity contribution in [2.24, 2.45) is 0 Å². The number of alkyl halides is 1. The summed E-state index contributed by atoms with van der Waals surface area (Å²) in [6.45, 7) is 4.37. The lowest BCUT2D eigenvalue weighted by Gasteiger charge is -2.39. The molecular weight excluding hydrogens is 350 g/mol. The van der Waals surface area contributed by atoms with E-state index < -0.39 is 12.0 Å². The monoisotopic (exact) mass is 380 g/mol. The van der Waals surface area contributed by atoms with Crippen LogP contribution in [-0.4, -0.2) is 37.9 Å². The molecular formula is C22H30F2O3. The molecule has 0 amide bonds. The van der Waals surface area contributed by atoms with Gasteiger partial charge in [0.1, 0.15) is 11.9 Å². The van der Waals surface area contributed by atoms with Gasteiger partial charge in [0.2, 0.25) is 0 Å². The minimum Gasteiger partial charge on any atom is -0.372 e. The fourth-order valence-corrected chi connectivity index (χ4v) is 3.65. The van der Waals surface area contributed by atoms with Crippen molar-refractivity contribution in [2.75, 3.05) is 19.8 Å². The predicted octanol–water partition coefficient (Wildman–Crippen LogP) is 5.09. The summed E-state index contributed by atoms with van der Waals surface area (Å²) in [5.74, 6) is 0.0248. The highest BCUT2D eigenvalue weighted by molar-refractivity contribution is 5.28. The van der Waals surface area contributed by atoms with E-state index in [2.05, 4.69) is 0 Å². The Kier molecular flexibility index (Phi) is 7.01. The van der Waals surface area contributed by atoms with Crippen LogP contribution in [0, 0.1) is 5.82 Å². The topological polar surface area (TPSA) is 27.7 Å². The van der Waals surface area contributed by atoms with Crippen molar-refractivity contribution in [1.82, 2.24) is 0 Å². The van der Waals surface area contributed by atoms with Crippen molar-refractivity contribution < 1.29 is 23.0 Å². The Labute approximate surface area is 160 Å². The first-order chi connectivity index (χ1) is 13.0. The van der Waals surface area contributed by atoms with E-state index >= 15 is 0 Å². The van der Waals surface area contributed by atoms with Gasteiger partial charge in [-0.1, -0.05) is 31.2 Å². The van der Waals surface area contributed by atoms with Crippen LogP contribution in [0.4, 0.5) is 8.78 Å². The van der Waals surface area contributed by atoms with Crippen molar-refractivity contribution in [3.05, 3.63) is 47.3 Å². The molecule has 2 saturated heterocycles. The zero-order valence-electron chi connectivity index (χ0n) is 16.3. The summed E-state index contributed by atoms with van der Waals surface area (Å²) in [4.78, 5) is 0. The van der Waals surface area contributed by atoms with Crippen LogP contribution in [0.1, 0.15) is 56.6 Å². The van der Waals surface area contributed by atoms with Gasteiger partial charge in [-0.25, -0.2) is 8.78 Å². The highest BCUT2D eigenvalue weighted by atomic mass is 19.1. The summed E-state index contributed by atoms with van der Waals surface area (Å²) >= 11 is 0. The molecule has 2 atom stereocenters. The van der Waals surface area contributed by atoms with Gasteiger partial charge in [-0.15, -0.1) is 0 Å². The van der Waals surface area contributed by atoms with E-state index in [9.17, 15) is 8.78 Å². The minimum absolute atomic E-state index is 0.0529. The molecule has 0 saturated carbocycles. The number of halogens is 2. The lowest BCUT2D eigenvalue weighted by molar-refractivity contribution is -0.277. The van der Waals surface area contributed by atoms with E-state index in [0.717, 1.165) is 30.4 Å². The second-order valence-electron chi connectivity index (χ2n) is 7.60. The Bertz CT molecular complexity index is 630. The number of ether oxygens (including phenoxy) is 3. The summed E-state index contributed by atoms with van der Waals surface area (Å²) in [5, 5.41) is 0. The van der Waals surface area contributed by atoms with Crippen molar-refractivity contribution in [2.45, 2.75) is 69.9 Å². The SMILES string of the molecule is C/C=C/CCc1ccc(C2CCC(C3OCC(F)(CC)CO3)OC2)cc1F. The van der Waals surface area contributed by atoms with E-state index in [1.54, 1.807) is 13.0 Å². The molecule has 2 aliphatic rings. The molecule has 2 aliphatic heterocycles. The zero-order valence-corrected chi connectivity index (χ0v) is 16.3. The summed E-state index contributed by atoms with van der Waals surface area (Å²) < 4.78 is 45.6. The Hall–Kier alpha value is -1.30. The maximum Gasteiger partial charge on any atom is 0.183 e. The van der Waals surface area contributed by atoms with Crippen LogP contribution < -0.4 is 0 Å². The third kappa shape index (κ3) is 5.15. The van der Waals surface area contributed by atoms with Gasteiger partial charge in [-0.05, 0) is 56.2 Å². The highest BCUT2D eigenvalue weighted by Crippen LogP contribution is 2.33. The maximum absolute atomic E-state index is 14.4. The van der Waals surface area contributed by atoms with Crippen LogP contribution >= 0.6 is 0 Å². The van der Waals surface area contributed by atoms with Crippen molar-refractivity contribution in [3.8, 4) is 0 Å². The zero-order chi connectivity index (χ0) is 19.3. The number of hydrogen-bond acceptors (Lipinski definition) is 3. The van der Waals surface area contributed by atoms with Gasteiger partial charge in [0.05, 0.1) is 19.8 Å². The second-order valence-corrected chi connectivity index (χ2v) is 7.60. The molecule has 0 spiro atoms. The van der Waals surface area contributed by atoms with E-state index in [1.165, 1.54) is 0 Å². The first-order valence-electron chi connectivity index (χ1n) is 9.98. The van der Waals surface area contributed by atoms with Crippen molar-refractivity contribution in [3.63, 3.8) is 0 Å². The fraction of sp³-hybridized carbons (Fsp3) is 0.636. The van der Waals surface area contributed by atoms with Crippen LogP contribution in [0.5, 0.6) is 0 Å². The second kappa shape index (κ2) is 9.26. The lowest BCUT2D eigenvalue weighted by atomic mass is 9.90. The highest BCUT2D eigenvalue weighted by Gasteiger charge is 2.40. The molecule has 2 fully saturated rings. The van der Waals surface area contributed by atoms with Crippen molar-refractivity contribution >= 4 is 0 Å². The van der Waals surface area contributed by atoms with Gasteiger partial charge in [-0.2, -0.15) is 0 Å². The Morgan fingerprint density at radius 1 is 1.19 bits per heavy atom. The number of benzene rings is 1. The number of hydrogen-bond donors (Lipinski definition) is 0. The maximum atomic E-state index is 14.4. The Balaban J connectivity index is 1.51. The van der Waals surface area contributed by atoms with Crippen LogP contribution in [-0.2, 0) is 20.6 Å². The Morgan fingerprint density at radius 3 is 2.56 bits per heavy atom. The third-order valence-corrected chi connectivity index (χ3v) is 5.63. The molecule has 3 rings (SSSR count). The molecule has 1 aromatic rings. The smallest absolute Gasteiger partial charge is 0.183 e.